The Morgan fingerprint density at radius 3 is 1.36 bits per heavy atom. The standard InChI is InChI=1S/C43H55O5PS/c1-40(2,3)31-16-14-27-22-34(36(42(7,8)9)23-29(27)20-31)35-26-33(50(13,47)48)18-19-38(35)49(44,45,46)39-25-28-15-17-32(41(4,5)6)21-30(28)24-37(39)43(10,11)12/h14-26,44-46H,1-13H3. The molecule has 50 heavy (non-hydrogen) atoms. The predicted molar refractivity (Wildman–Crippen MR) is 214 cm³/mol. The number of hydrogen-bond acceptors (Lipinski definition) is 5. The Balaban J connectivity index is 1.92. The average Bonchev–Trinajstić information content (AvgIpc) is 2.96. The molecule has 0 aliphatic heterocycles. The van der Waals surface area contributed by atoms with Crippen LogP contribution in [0.4, 0.5) is 0 Å². The van der Waals surface area contributed by atoms with Gasteiger partial charge < -0.3 is 0 Å². The molecule has 0 fully saturated rings. The molecule has 5 rings (SSSR count). The van der Waals surface area contributed by atoms with Crippen LogP contribution in [0.5, 0.6) is 0 Å². The van der Waals surface area contributed by atoms with E-state index >= 15 is 0 Å². The molecule has 5 nitrogen and oxygen atoms in total. The van der Waals surface area contributed by atoms with Crippen molar-refractivity contribution in [3.63, 3.8) is 0 Å². The van der Waals surface area contributed by atoms with Gasteiger partial charge in [0.1, 0.15) is 0 Å². The van der Waals surface area contributed by atoms with Gasteiger partial charge in [0.05, 0.1) is 0 Å². The zero-order valence-electron chi connectivity index (χ0n) is 32.0. The van der Waals surface area contributed by atoms with Crippen LogP contribution in [0.25, 0.3) is 32.7 Å². The van der Waals surface area contributed by atoms with E-state index in [9.17, 15) is 23.1 Å². The Bertz CT molecular complexity index is 2260. The maximum atomic E-state index is 13.0. The van der Waals surface area contributed by atoms with Gasteiger partial charge in [0.15, 0.2) is 0 Å². The van der Waals surface area contributed by atoms with Crippen LogP contribution in [0.1, 0.15) is 105 Å². The Labute approximate surface area is 299 Å². The molecular formula is C43H55O5PS. The number of hydrogen-bond donors (Lipinski definition) is 3. The summed E-state index contributed by atoms with van der Waals surface area (Å²) >= 11 is 0. The summed E-state index contributed by atoms with van der Waals surface area (Å²) in [6, 6.07) is 24.4. The van der Waals surface area contributed by atoms with Gasteiger partial charge in [-0.05, 0) is 0 Å². The summed E-state index contributed by atoms with van der Waals surface area (Å²) < 4.78 is 26.0. The molecule has 0 aromatic heterocycles. The van der Waals surface area contributed by atoms with E-state index in [4.69, 9.17) is 0 Å². The van der Waals surface area contributed by atoms with Crippen LogP contribution in [0.15, 0.2) is 83.8 Å². The van der Waals surface area contributed by atoms with Gasteiger partial charge in [-0.15, -0.1) is 0 Å². The molecule has 0 unspecified atom stereocenters. The van der Waals surface area contributed by atoms with E-state index < -0.39 is 28.0 Å². The summed E-state index contributed by atoms with van der Waals surface area (Å²) in [6.07, 6.45) is 1.13. The molecular weight excluding hydrogens is 660 g/mol. The first kappa shape index (κ1) is 38.1. The number of rotatable bonds is 4. The first-order valence-corrected chi connectivity index (χ1v) is 21.3. The van der Waals surface area contributed by atoms with Crippen LogP contribution in [0.2, 0.25) is 0 Å². The maximum absolute atomic E-state index is 13.0. The second-order valence-electron chi connectivity index (χ2n) is 18.3. The van der Waals surface area contributed by atoms with Gasteiger partial charge in [0, 0.05) is 0 Å². The van der Waals surface area contributed by atoms with E-state index in [0.717, 1.165) is 38.9 Å². The number of sulfone groups is 1. The Morgan fingerprint density at radius 1 is 0.460 bits per heavy atom. The van der Waals surface area contributed by atoms with Gasteiger partial charge >= 0.3 is 301 Å². The van der Waals surface area contributed by atoms with E-state index in [1.807, 2.05) is 45.0 Å². The summed E-state index contributed by atoms with van der Waals surface area (Å²) in [5, 5.41) is 3.58. The fourth-order valence-corrected chi connectivity index (χ4v) is 9.86. The van der Waals surface area contributed by atoms with Crippen molar-refractivity contribution >= 4 is 49.3 Å². The van der Waals surface area contributed by atoms with Crippen molar-refractivity contribution in [3.8, 4) is 11.1 Å². The third kappa shape index (κ3) is 7.16. The molecule has 5 aromatic rings. The normalized spacial score (nSPS) is 14.6. The van der Waals surface area contributed by atoms with Crippen LogP contribution in [0, 0.1) is 0 Å². The molecule has 0 saturated heterocycles. The second kappa shape index (κ2) is 11.7. The molecule has 0 aliphatic rings. The third-order valence-corrected chi connectivity index (χ3v) is 13.5. The second-order valence-corrected chi connectivity index (χ2v) is 23.3. The zero-order valence-corrected chi connectivity index (χ0v) is 33.7. The van der Waals surface area contributed by atoms with E-state index in [-0.39, 0.29) is 31.9 Å². The zero-order chi connectivity index (χ0) is 37.6. The van der Waals surface area contributed by atoms with Gasteiger partial charge in [-0.2, -0.15) is 0 Å². The van der Waals surface area contributed by atoms with Gasteiger partial charge in [-0.25, -0.2) is 0 Å². The van der Waals surface area contributed by atoms with Gasteiger partial charge in [0.25, 0.3) is 0 Å². The van der Waals surface area contributed by atoms with Crippen molar-refractivity contribution in [3.05, 3.63) is 101 Å². The summed E-state index contributed by atoms with van der Waals surface area (Å²) in [7, 11) is -9.68. The molecule has 0 atom stereocenters. The molecule has 0 spiro atoms. The quantitative estimate of drug-likeness (QED) is 0.161. The number of fused-ring (bicyclic) bond motifs is 2. The van der Waals surface area contributed by atoms with Crippen molar-refractivity contribution in [2.24, 2.45) is 0 Å². The van der Waals surface area contributed by atoms with E-state index in [1.165, 1.54) is 23.8 Å². The summed E-state index contributed by atoms with van der Waals surface area (Å²) in [5.41, 5.74) is 3.55. The fraction of sp³-hybridized carbons (Fsp3) is 0.395. The molecule has 0 aliphatic carbocycles. The monoisotopic (exact) mass is 714 g/mol. The van der Waals surface area contributed by atoms with Crippen molar-refractivity contribution in [2.45, 2.75) is 110 Å². The summed E-state index contributed by atoms with van der Waals surface area (Å²) in [4.78, 5) is 38.0. The topological polar surface area (TPSA) is 94.8 Å². The van der Waals surface area contributed by atoms with Crippen LogP contribution >= 0.6 is 7.28 Å². The average molecular weight is 715 g/mol. The Hall–Kier alpha value is -3.12. The molecule has 268 valence electrons. The van der Waals surface area contributed by atoms with E-state index in [2.05, 4.69) is 92.6 Å². The molecule has 0 saturated carbocycles. The summed E-state index contributed by atoms with van der Waals surface area (Å²) in [5.74, 6) is 0. The number of benzene rings is 5. The van der Waals surface area contributed by atoms with Crippen LogP contribution in [0.3, 0.4) is 0 Å². The van der Waals surface area contributed by atoms with Crippen molar-refractivity contribution in [2.75, 3.05) is 6.26 Å². The van der Waals surface area contributed by atoms with E-state index in [0.29, 0.717) is 11.1 Å². The van der Waals surface area contributed by atoms with Crippen molar-refractivity contribution in [1.82, 2.24) is 0 Å². The fourth-order valence-electron chi connectivity index (χ4n) is 6.75. The van der Waals surface area contributed by atoms with Crippen LogP contribution < -0.4 is 10.6 Å². The van der Waals surface area contributed by atoms with Crippen molar-refractivity contribution < 1.29 is 23.1 Å². The molecule has 0 heterocycles. The van der Waals surface area contributed by atoms with E-state index in [1.54, 1.807) is 6.07 Å². The summed E-state index contributed by atoms with van der Waals surface area (Å²) in [6.45, 7) is 25.2. The molecule has 3 N–H and O–H groups in total. The van der Waals surface area contributed by atoms with Gasteiger partial charge in [-0.3, -0.25) is 0 Å². The molecule has 0 amide bonds. The molecule has 0 bridgehead atoms. The minimum atomic E-state index is -5.98. The molecule has 5 aromatic carbocycles. The first-order valence-electron chi connectivity index (χ1n) is 17.3. The van der Waals surface area contributed by atoms with Crippen molar-refractivity contribution in [1.29, 1.82) is 0 Å². The van der Waals surface area contributed by atoms with Crippen LogP contribution in [-0.2, 0) is 31.5 Å². The van der Waals surface area contributed by atoms with Gasteiger partial charge in [-0.1, -0.05) is 0 Å². The SMILES string of the molecule is CC(C)(C)c1ccc2cc(-c3cc(S(C)(=O)=O)ccc3P(O)(O)(O)c3cc4ccc(C(C)(C)C)cc4cc3C(C)(C)C)c(C(C)(C)C)cc2c1. The third-order valence-electron chi connectivity index (χ3n) is 9.85. The molecule has 7 heteroatoms. The predicted octanol–water partition coefficient (Wildman–Crippen LogP) is 9.48. The van der Waals surface area contributed by atoms with Crippen LogP contribution in [-0.4, -0.2) is 29.4 Å². The molecule has 0 radical (unpaired) electrons. The Morgan fingerprint density at radius 2 is 0.920 bits per heavy atom. The Kier molecular flexibility index (Phi) is 8.92. The minimum absolute atomic E-state index is 0.0236. The first-order chi connectivity index (χ1) is 22.5. The van der Waals surface area contributed by atoms with Gasteiger partial charge in [0.2, 0.25) is 0 Å².